The lowest BCUT2D eigenvalue weighted by molar-refractivity contribution is -0.113. The molecule has 0 aliphatic carbocycles. The minimum Gasteiger partial charge on any atom is -0.478 e. The summed E-state index contributed by atoms with van der Waals surface area (Å²) in [5.74, 6) is -0.116. The molecule has 22 heavy (non-hydrogen) atoms. The summed E-state index contributed by atoms with van der Waals surface area (Å²) in [5.41, 5.74) is 0.573. The molecule has 2 aromatic rings. The van der Waals surface area contributed by atoms with Crippen molar-refractivity contribution in [2.24, 2.45) is 0 Å². The molecule has 0 spiro atoms. The van der Waals surface area contributed by atoms with Gasteiger partial charge in [0.05, 0.1) is 11.3 Å². The van der Waals surface area contributed by atoms with E-state index in [0.29, 0.717) is 10.8 Å². The van der Waals surface area contributed by atoms with E-state index in [0.717, 1.165) is 5.82 Å². The van der Waals surface area contributed by atoms with Gasteiger partial charge in [0, 0.05) is 11.6 Å². The van der Waals surface area contributed by atoms with Gasteiger partial charge in [0.2, 0.25) is 11.1 Å². The molecule has 0 saturated heterocycles. The van der Waals surface area contributed by atoms with Crippen molar-refractivity contribution >= 4 is 29.3 Å². The van der Waals surface area contributed by atoms with Gasteiger partial charge >= 0.3 is 5.97 Å². The molecule has 0 aliphatic rings. The molecule has 116 valence electrons. The van der Waals surface area contributed by atoms with Crippen LogP contribution in [0.3, 0.4) is 0 Å². The molecule has 1 aromatic carbocycles. The van der Waals surface area contributed by atoms with Crippen LogP contribution in [0.25, 0.3) is 0 Å². The number of nitrogens with zero attached hydrogens (tertiary/aromatic N) is 2. The number of thioether (sulfide) groups is 1. The highest BCUT2D eigenvalue weighted by atomic mass is 32.2. The van der Waals surface area contributed by atoms with Crippen LogP contribution in [-0.2, 0) is 4.79 Å². The fourth-order valence-electron chi connectivity index (χ4n) is 1.64. The van der Waals surface area contributed by atoms with Gasteiger partial charge in [-0.05, 0) is 18.2 Å². The fourth-order valence-corrected chi connectivity index (χ4v) is 2.24. The third kappa shape index (κ3) is 4.32. The number of hydrogen-bond acceptors (Lipinski definition) is 5. The molecule has 1 aromatic heterocycles. The van der Waals surface area contributed by atoms with Gasteiger partial charge in [-0.15, -0.1) is 5.10 Å². The van der Waals surface area contributed by atoms with Crippen LogP contribution >= 0.6 is 11.8 Å². The highest BCUT2D eigenvalue weighted by Gasteiger charge is 2.10. The maximum absolute atomic E-state index is 11.9. The Morgan fingerprint density at radius 2 is 2.18 bits per heavy atom. The minimum absolute atomic E-state index is 0.126. The average Bonchev–Trinajstić information content (AvgIpc) is 2.94. The predicted molar refractivity (Wildman–Crippen MR) is 83.2 cm³/mol. The second kappa shape index (κ2) is 7.08. The minimum atomic E-state index is -1.03. The molecule has 0 radical (unpaired) electrons. The van der Waals surface area contributed by atoms with E-state index in [1.807, 2.05) is 13.8 Å². The topological polar surface area (TPSA) is 108 Å². The van der Waals surface area contributed by atoms with Crippen molar-refractivity contribution in [3.05, 3.63) is 35.7 Å². The molecule has 0 bridgehead atoms. The number of rotatable bonds is 6. The van der Waals surface area contributed by atoms with Crippen molar-refractivity contribution in [1.82, 2.24) is 15.2 Å². The number of carboxylic acid groups (broad SMARTS) is 1. The second-order valence-corrected chi connectivity index (χ2v) is 5.82. The van der Waals surface area contributed by atoms with Crippen LogP contribution in [0.1, 0.15) is 35.9 Å². The summed E-state index contributed by atoms with van der Waals surface area (Å²) in [6.07, 6.45) is 0. The van der Waals surface area contributed by atoms with Gasteiger partial charge in [0.15, 0.2) is 0 Å². The molecule has 3 N–H and O–H groups in total. The van der Waals surface area contributed by atoms with Crippen LogP contribution in [0, 0.1) is 0 Å². The lowest BCUT2D eigenvalue weighted by Gasteiger charge is -2.04. The Morgan fingerprint density at radius 1 is 1.41 bits per heavy atom. The number of anilines is 1. The first-order chi connectivity index (χ1) is 10.5. The van der Waals surface area contributed by atoms with Crippen LogP contribution in [-0.4, -0.2) is 37.9 Å². The van der Waals surface area contributed by atoms with E-state index in [1.54, 1.807) is 12.1 Å². The monoisotopic (exact) mass is 320 g/mol. The van der Waals surface area contributed by atoms with Crippen LogP contribution in [0.5, 0.6) is 0 Å². The van der Waals surface area contributed by atoms with E-state index < -0.39 is 5.97 Å². The van der Waals surface area contributed by atoms with Gasteiger partial charge < -0.3 is 10.4 Å². The van der Waals surface area contributed by atoms with E-state index >= 15 is 0 Å². The van der Waals surface area contributed by atoms with Crippen molar-refractivity contribution in [2.45, 2.75) is 24.9 Å². The van der Waals surface area contributed by atoms with Crippen molar-refractivity contribution < 1.29 is 14.7 Å². The normalized spacial score (nSPS) is 10.7. The number of nitrogens with one attached hydrogen (secondary N) is 2. The van der Waals surface area contributed by atoms with Crippen molar-refractivity contribution in [3.63, 3.8) is 0 Å². The molecule has 0 fully saturated rings. The smallest absolute Gasteiger partial charge is 0.335 e. The standard InChI is InChI=1S/C14H16N4O3S/c1-8(2)12-16-14(18-17-12)22-7-11(19)15-10-5-3-4-9(6-10)13(20)21/h3-6,8H,7H2,1-2H3,(H,15,19)(H,20,21)(H,16,17,18). The van der Waals surface area contributed by atoms with E-state index in [4.69, 9.17) is 5.11 Å². The molecule has 8 heteroatoms. The van der Waals surface area contributed by atoms with Crippen LogP contribution < -0.4 is 5.32 Å². The predicted octanol–water partition coefficient (Wildman–Crippen LogP) is 2.36. The quantitative estimate of drug-likeness (QED) is 0.705. The van der Waals surface area contributed by atoms with E-state index in [-0.39, 0.29) is 23.1 Å². The van der Waals surface area contributed by atoms with E-state index in [2.05, 4.69) is 20.5 Å². The van der Waals surface area contributed by atoms with Gasteiger partial charge in [-0.2, -0.15) is 0 Å². The van der Waals surface area contributed by atoms with Crippen LogP contribution in [0.2, 0.25) is 0 Å². The van der Waals surface area contributed by atoms with Crippen molar-refractivity contribution in [2.75, 3.05) is 11.1 Å². The summed E-state index contributed by atoms with van der Waals surface area (Å²) >= 11 is 1.21. The Morgan fingerprint density at radius 3 is 2.82 bits per heavy atom. The number of aromatic carboxylic acids is 1. The van der Waals surface area contributed by atoms with Gasteiger partial charge in [0.25, 0.3) is 0 Å². The third-order valence-corrected chi connectivity index (χ3v) is 3.60. The maximum Gasteiger partial charge on any atom is 0.335 e. The summed E-state index contributed by atoms with van der Waals surface area (Å²) in [4.78, 5) is 27.0. The number of amides is 1. The SMILES string of the molecule is CC(C)c1nc(SCC(=O)Nc2cccc(C(=O)O)c2)n[nH]1. The number of hydrogen-bond donors (Lipinski definition) is 3. The van der Waals surface area contributed by atoms with Crippen molar-refractivity contribution in [1.29, 1.82) is 0 Å². The van der Waals surface area contributed by atoms with E-state index in [9.17, 15) is 9.59 Å². The first-order valence-corrected chi connectivity index (χ1v) is 7.62. The first-order valence-electron chi connectivity index (χ1n) is 6.64. The zero-order chi connectivity index (χ0) is 16.1. The summed E-state index contributed by atoms with van der Waals surface area (Å²) < 4.78 is 0. The van der Waals surface area contributed by atoms with Gasteiger partial charge in [0.1, 0.15) is 5.82 Å². The number of H-pyrrole nitrogens is 1. The Balaban J connectivity index is 1.90. The number of carboxylic acids is 1. The fraction of sp³-hybridized carbons (Fsp3) is 0.286. The van der Waals surface area contributed by atoms with Crippen LogP contribution in [0.4, 0.5) is 5.69 Å². The second-order valence-electron chi connectivity index (χ2n) is 4.88. The van der Waals surface area contributed by atoms with Gasteiger partial charge in [-0.25, -0.2) is 9.78 Å². The Kier molecular flexibility index (Phi) is 5.16. The maximum atomic E-state index is 11.9. The number of aromatic amines is 1. The van der Waals surface area contributed by atoms with Gasteiger partial charge in [-0.3, -0.25) is 9.89 Å². The number of benzene rings is 1. The highest BCUT2D eigenvalue weighted by Crippen LogP contribution is 2.17. The molecular formula is C14H16N4O3S. The Labute approximate surface area is 131 Å². The molecule has 2 rings (SSSR count). The average molecular weight is 320 g/mol. The zero-order valence-electron chi connectivity index (χ0n) is 12.2. The Bertz CT molecular complexity index is 684. The highest BCUT2D eigenvalue weighted by molar-refractivity contribution is 7.99. The van der Waals surface area contributed by atoms with E-state index in [1.165, 1.54) is 23.9 Å². The summed E-state index contributed by atoms with van der Waals surface area (Å²) in [6.45, 7) is 3.99. The number of carbonyl (C=O) groups is 2. The molecule has 0 unspecified atom stereocenters. The van der Waals surface area contributed by atoms with Crippen molar-refractivity contribution in [3.8, 4) is 0 Å². The Hall–Kier alpha value is -2.35. The molecule has 0 saturated carbocycles. The largest absolute Gasteiger partial charge is 0.478 e. The first kappa shape index (κ1) is 16.0. The molecule has 0 atom stereocenters. The molecule has 1 amide bonds. The number of aromatic nitrogens is 3. The summed E-state index contributed by atoms with van der Waals surface area (Å²) in [7, 11) is 0. The third-order valence-electron chi connectivity index (χ3n) is 2.75. The van der Waals surface area contributed by atoms with Gasteiger partial charge in [-0.1, -0.05) is 31.7 Å². The summed E-state index contributed by atoms with van der Waals surface area (Å²) in [6, 6.07) is 6.09. The summed E-state index contributed by atoms with van der Waals surface area (Å²) in [5, 5.41) is 18.9. The lowest BCUT2D eigenvalue weighted by Crippen LogP contribution is -2.14. The lowest BCUT2D eigenvalue weighted by atomic mass is 10.2. The van der Waals surface area contributed by atoms with Crippen LogP contribution in [0.15, 0.2) is 29.4 Å². The molecule has 0 aliphatic heterocycles. The molecule has 1 heterocycles. The molecular weight excluding hydrogens is 304 g/mol. The molecule has 7 nitrogen and oxygen atoms in total. The zero-order valence-corrected chi connectivity index (χ0v) is 13.0. The number of carbonyl (C=O) groups excluding carboxylic acids is 1.